The molecule has 0 aliphatic carbocycles. The molecule has 2 aromatic heterocycles. The second-order valence-corrected chi connectivity index (χ2v) is 7.18. The first kappa shape index (κ1) is 23.3. The topological polar surface area (TPSA) is 85.6 Å². The highest BCUT2D eigenvalue weighted by molar-refractivity contribution is 5.79. The van der Waals surface area contributed by atoms with E-state index in [1.54, 1.807) is 17.1 Å². The maximum absolute atomic E-state index is 5.95. The minimum atomic E-state index is 0.526. The van der Waals surface area contributed by atoms with Crippen LogP contribution in [0.1, 0.15) is 30.5 Å². The number of aryl methyl sites for hydroxylation is 1. The van der Waals surface area contributed by atoms with E-state index in [2.05, 4.69) is 45.8 Å². The van der Waals surface area contributed by atoms with Crippen LogP contribution in [0.15, 0.2) is 60.0 Å². The van der Waals surface area contributed by atoms with E-state index < -0.39 is 0 Å². The molecule has 3 aromatic rings. The highest BCUT2D eigenvalue weighted by Crippen LogP contribution is 2.20. The quantitative estimate of drug-likeness (QED) is 0.273. The van der Waals surface area contributed by atoms with Crippen molar-refractivity contribution in [3.8, 4) is 11.6 Å². The highest BCUT2D eigenvalue weighted by Gasteiger charge is 2.07. The molecule has 3 rings (SSSR count). The van der Waals surface area contributed by atoms with Gasteiger partial charge in [-0.3, -0.25) is 0 Å². The van der Waals surface area contributed by atoms with E-state index in [9.17, 15) is 0 Å². The van der Waals surface area contributed by atoms with Crippen LogP contribution >= 0.6 is 0 Å². The van der Waals surface area contributed by atoms with Gasteiger partial charge in [0.05, 0.1) is 13.2 Å². The summed E-state index contributed by atoms with van der Waals surface area (Å²) in [5.74, 6) is 2.38. The van der Waals surface area contributed by atoms with E-state index in [1.165, 1.54) is 0 Å². The predicted octanol–water partition coefficient (Wildman–Crippen LogP) is 3.25. The van der Waals surface area contributed by atoms with Crippen molar-refractivity contribution in [2.45, 2.75) is 33.9 Å². The molecule has 0 saturated carbocycles. The molecule has 1 aromatic carbocycles. The second kappa shape index (κ2) is 12.5. The summed E-state index contributed by atoms with van der Waals surface area (Å²) in [6, 6.07) is 12.1. The van der Waals surface area contributed by atoms with Gasteiger partial charge in [-0.25, -0.2) is 14.7 Å². The maximum Gasteiger partial charge on any atom is 0.191 e. The van der Waals surface area contributed by atoms with Crippen LogP contribution in [0.2, 0.25) is 0 Å². The first-order chi connectivity index (χ1) is 15.7. The van der Waals surface area contributed by atoms with Crippen LogP contribution in [0, 0.1) is 6.92 Å². The molecule has 0 radical (unpaired) electrons. The molecular formula is C24H32N6O2. The first-order valence-electron chi connectivity index (χ1n) is 11.0. The number of nitrogens with one attached hydrogen (secondary N) is 2. The second-order valence-electron chi connectivity index (χ2n) is 7.18. The zero-order valence-electron chi connectivity index (χ0n) is 19.0. The highest BCUT2D eigenvalue weighted by atomic mass is 16.5. The molecule has 2 N–H and O–H groups in total. The van der Waals surface area contributed by atoms with Gasteiger partial charge in [-0.15, -0.1) is 0 Å². The Balaban J connectivity index is 1.64. The van der Waals surface area contributed by atoms with E-state index in [0.29, 0.717) is 32.9 Å². The van der Waals surface area contributed by atoms with Crippen molar-refractivity contribution in [3.63, 3.8) is 0 Å². The standard InChI is InChI=1S/C24H32N6O2/c1-4-25-24(27-17-20-9-11-26-23(16-20)30-12-6-10-29-30)28-18-21-8-7-19(3)15-22(21)32-14-13-31-5-2/h6-12,15-16H,4-5,13-14,17-18H2,1-3H3,(H2,25,27,28). The van der Waals surface area contributed by atoms with Gasteiger partial charge in [-0.05, 0) is 56.2 Å². The number of benzene rings is 1. The molecule has 0 unspecified atom stereocenters. The smallest absolute Gasteiger partial charge is 0.191 e. The number of nitrogens with zero attached hydrogens (tertiary/aromatic N) is 4. The van der Waals surface area contributed by atoms with Crippen molar-refractivity contribution < 1.29 is 9.47 Å². The Morgan fingerprint density at radius 3 is 2.78 bits per heavy atom. The Morgan fingerprint density at radius 1 is 1.09 bits per heavy atom. The lowest BCUT2D eigenvalue weighted by Crippen LogP contribution is -2.36. The zero-order valence-corrected chi connectivity index (χ0v) is 19.0. The van der Waals surface area contributed by atoms with Crippen LogP contribution < -0.4 is 15.4 Å². The van der Waals surface area contributed by atoms with Gasteiger partial charge in [-0.2, -0.15) is 5.10 Å². The molecule has 32 heavy (non-hydrogen) atoms. The molecule has 0 amide bonds. The maximum atomic E-state index is 5.95. The SMILES string of the molecule is CCNC(=NCc1ccnc(-n2cccn2)c1)NCc1ccc(C)cc1OCCOCC. The first-order valence-corrected chi connectivity index (χ1v) is 11.0. The lowest BCUT2D eigenvalue weighted by atomic mass is 10.1. The van der Waals surface area contributed by atoms with Crippen molar-refractivity contribution in [2.75, 3.05) is 26.4 Å². The molecule has 2 heterocycles. The molecule has 0 aliphatic rings. The molecule has 170 valence electrons. The summed E-state index contributed by atoms with van der Waals surface area (Å²) in [6.45, 7) is 9.78. The number of guanidine groups is 1. The zero-order chi connectivity index (χ0) is 22.6. The van der Waals surface area contributed by atoms with Crippen molar-refractivity contribution in [2.24, 2.45) is 4.99 Å². The number of rotatable bonds is 11. The minimum Gasteiger partial charge on any atom is -0.491 e. The van der Waals surface area contributed by atoms with Crippen LogP contribution in [-0.4, -0.2) is 47.1 Å². The van der Waals surface area contributed by atoms with Crippen LogP contribution in [0.4, 0.5) is 0 Å². The normalized spacial score (nSPS) is 11.4. The van der Waals surface area contributed by atoms with Gasteiger partial charge in [-0.1, -0.05) is 12.1 Å². The number of hydrogen-bond acceptors (Lipinski definition) is 5. The third-order valence-corrected chi connectivity index (χ3v) is 4.67. The van der Waals surface area contributed by atoms with E-state index in [1.807, 2.05) is 38.2 Å². The van der Waals surface area contributed by atoms with Crippen molar-refractivity contribution >= 4 is 5.96 Å². The lowest BCUT2D eigenvalue weighted by Gasteiger charge is -2.15. The molecule has 0 fully saturated rings. The van der Waals surface area contributed by atoms with E-state index >= 15 is 0 Å². The summed E-state index contributed by atoms with van der Waals surface area (Å²) >= 11 is 0. The summed E-state index contributed by atoms with van der Waals surface area (Å²) in [5, 5.41) is 10.9. The minimum absolute atomic E-state index is 0.526. The van der Waals surface area contributed by atoms with Crippen LogP contribution in [0.5, 0.6) is 5.75 Å². The van der Waals surface area contributed by atoms with Crippen LogP contribution in [0.3, 0.4) is 0 Å². The van der Waals surface area contributed by atoms with Crippen LogP contribution in [-0.2, 0) is 17.8 Å². The van der Waals surface area contributed by atoms with Gasteiger partial charge in [0, 0.05) is 43.9 Å². The Hall–Kier alpha value is -3.39. The average Bonchev–Trinajstić information content (AvgIpc) is 3.35. The molecule has 8 nitrogen and oxygen atoms in total. The summed E-state index contributed by atoms with van der Waals surface area (Å²) in [5.41, 5.74) is 3.28. The largest absolute Gasteiger partial charge is 0.491 e. The van der Waals surface area contributed by atoms with Crippen molar-refractivity contribution in [1.82, 2.24) is 25.4 Å². The Morgan fingerprint density at radius 2 is 2.00 bits per heavy atom. The Labute approximate surface area is 189 Å². The molecular weight excluding hydrogens is 404 g/mol. The predicted molar refractivity (Wildman–Crippen MR) is 126 cm³/mol. The summed E-state index contributed by atoms with van der Waals surface area (Å²) in [6.07, 6.45) is 5.39. The van der Waals surface area contributed by atoms with E-state index in [-0.39, 0.29) is 0 Å². The fourth-order valence-electron chi connectivity index (χ4n) is 3.08. The fourth-order valence-corrected chi connectivity index (χ4v) is 3.08. The molecule has 0 bridgehead atoms. The van der Waals surface area contributed by atoms with E-state index in [0.717, 1.165) is 40.8 Å². The van der Waals surface area contributed by atoms with Gasteiger partial charge >= 0.3 is 0 Å². The molecule has 0 spiro atoms. The molecule has 8 heteroatoms. The monoisotopic (exact) mass is 436 g/mol. The molecule has 0 saturated heterocycles. The summed E-state index contributed by atoms with van der Waals surface area (Å²) < 4.78 is 13.1. The van der Waals surface area contributed by atoms with Crippen molar-refractivity contribution in [3.05, 3.63) is 71.7 Å². The number of aliphatic imine (C=N–C) groups is 1. The summed E-state index contributed by atoms with van der Waals surface area (Å²) in [4.78, 5) is 9.10. The number of hydrogen-bond donors (Lipinski definition) is 2. The number of aromatic nitrogens is 3. The van der Waals surface area contributed by atoms with E-state index in [4.69, 9.17) is 14.5 Å². The van der Waals surface area contributed by atoms with Gasteiger partial charge in [0.25, 0.3) is 0 Å². The fraction of sp³-hybridized carbons (Fsp3) is 0.375. The third-order valence-electron chi connectivity index (χ3n) is 4.67. The molecule has 0 atom stereocenters. The summed E-state index contributed by atoms with van der Waals surface area (Å²) in [7, 11) is 0. The Bertz CT molecular complexity index is 988. The Kier molecular flexibility index (Phi) is 9.06. The number of pyridine rings is 1. The van der Waals surface area contributed by atoms with Gasteiger partial charge < -0.3 is 20.1 Å². The van der Waals surface area contributed by atoms with Gasteiger partial charge in [0.1, 0.15) is 12.4 Å². The van der Waals surface area contributed by atoms with Crippen LogP contribution in [0.25, 0.3) is 5.82 Å². The number of ether oxygens (including phenoxy) is 2. The van der Waals surface area contributed by atoms with Crippen molar-refractivity contribution in [1.29, 1.82) is 0 Å². The third kappa shape index (κ3) is 7.09. The lowest BCUT2D eigenvalue weighted by molar-refractivity contribution is 0.110. The van der Waals surface area contributed by atoms with Gasteiger partial charge in [0.2, 0.25) is 0 Å². The average molecular weight is 437 g/mol. The van der Waals surface area contributed by atoms with Gasteiger partial charge in [0.15, 0.2) is 11.8 Å². The molecule has 0 aliphatic heterocycles.